The Labute approximate surface area is 337 Å². The van der Waals surface area contributed by atoms with Gasteiger partial charge in [-0.2, -0.15) is 0 Å². The van der Waals surface area contributed by atoms with E-state index in [1.807, 2.05) is 85.1 Å². The van der Waals surface area contributed by atoms with Gasteiger partial charge in [-0.15, -0.1) is 0 Å². The van der Waals surface area contributed by atoms with E-state index in [1.165, 1.54) is 44.9 Å². The number of hydrogen-bond acceptors (Lipinski definition) is 5. The summed E-state index contributed by atoms with van der Waals surface area (Å²) in [5.41, 5.74) is 0. The van der Waals surface area contributed by atoms with Crippen LogP contribution in [0.4, 0.5) is 0 Å². The number of aliphatic hydroxyl groups excluding tert-OH is 2. The number of ether oxygens (including phenoxy) is 1. The first-order valence-electron chi connectivity index (χ1n) is 21.7. The van der Waals surface area contributed by atoms with Gasteiger partial charge in [0.1, 0.15) is 6.10 Å². The Hall–Kier alpha value is -3.48. The fraction of sp³-hybridized carbons (Fsp3) is 0.592. The molecule has 310 valence electrons. The molecule has 0 aliphatic heterocycles. The molecule has 3 N–H and O–H groups in total. The molecule has 0 aliphatic rings. The van der Waals surface area contributed by atoms with E-state index in [1.54, 1.807) is 0 Å². The van der Waals surface area contributed by atoms with E-state index in [4.69, 9.17) is 4.74 Å². The molecule has 6 heteroatoms. The number of amides is 1. The van der Waals surface area contributed by atoms with Crippen LogP contribution >= 0.6 is 0 Å². The fourth-order valence-corrected chi connectivity index (χ4v) is 5.82. The Morgan fingerprint density at radius 3 is 1.49 bits per heavy atom. The Balaban J connectivity index is 4.85. The molecule has 0 aromatic heterocycles. The highest BCUT2D eigenvalue weighted by molar-refractivity contribution is 5.77. The number of unbranched alkanes of at least 4 members (excludes halogenated alkanes) is 13. The Kier molecular flexibility index (Phi) is 39.0. The first-order valence-corrected chi connectivity index (χ1v) is 21.7. The van der Waals surface area contributed by atoms with Crippen molar-refractivity contribution in [2.45, 2.75) is 180 Å². The van der Waals surface area contributed by atoms with E-state index in [9.17, 15) is 19.8 Å². The Morgan fingerprint density at radius 2 is 0.982 bits per heavy atom. The first-order chi connectivity index (χ1) is 27.0. The van der Waals surface area contributed by atoms with Crippen molar-refractivity contribution in [3.05, 3.63) is 109 Å². The highest BCUT2D eigenvalue weighted by Gasteiger charge is 2.24. The van der Waals surface area contributed by atoms with Crippen molar-refractivity contribution in [3.8, 4) is 0 Å². The van der Waals surface area contributed by atoms with Gasteiger partial charge in [-0.1, -0.05) is 201 Å². The van der Waals surface area contributed by atoms with Gasteiger partial charge in [-0.05, 0) is 57.8 Å². The SMILES string of the molecule is CC/C=C/C=C/C=C\C=C/C=C/CCCC(=O)OC(CCCCC\C=C/C=C/C=C/C=C/CC)CC(=O)NC(CO)C(O)CCCCCCCCCCCC. The van der Waals surface area contributed by atoms with Crippen LogP contribution in [-0.4, -0.2) is 46.9 Å². The number of allylic oxidation sites excluding steroid dienone is 18. The van der Waals surface area contributed by atoms with Crippen LogP contribution in [0.2, 0.25) is 0 Å². The lowest BCUT2D eigenvalue weighted by molar-refractivity contribution is -0.151. The van der Waals surface area contributed by atoms with Crippen LogP contribution in [-0.2, 0) is 14.3 Å². The minimum absolute atomic E-state index is 0.0151. The lowest BCUT2D eigenvalue weighted by Gasteiger charge is -2.24. The summed E-state index contributed by atoms with van der Waals surface area (Å²) in [4.78, 5) is 25.9. The maximum Gasteiger partial charge on any atom is 0.306 e. The second-order valence-corrected chi connectivity index (χ2v) is 14.2. The number of carbonyl (C=O) groups excluding carboxylic acids is 2. The van der Waals surface area contributed by atoms with Gasteiger partial charge in [0.05, 0.1) is 25.2 Å². The fourth-order valence-electron chi connectivity index (χ4n) is 5.82. The standard InChI is InChI=1S/C49H79NO5/c1-4-7-10-13-16-19-22-24-26-28-31-34-37-40-45(55-49(54)42-39-36-33-30-27-25-23-20-17-14-11-8-5-2)43-48(53)50-46(44-51)47(52)41-38-35-32-29-21-18-15-12-9-6-3/h7-8,10-11,13-14,16-17,19-20,22-27,30,33,45-47,51-52H,4-6,9,12,15,18,21,28-29,31-32,34-44H2,1-3H3,(H,50,53)/b10-7+,11-8+,16-13+,17-14+,22-19+,23-20-,26-24-,27-25-,33-30+. The number of esters is 1. The van der Waals surface area contributed by atoms with Gasteiger partial charge in [-0.25, -0.2) is 0 Å². The van der Waals surface area contributed by atoms with Crippen LogP contribution < -0.4 is 5.32 Å². The lowest BCUT2D eigenvalue weighted by atomic mass is 10.0. The third-order valence-corrected chi connectivity index (χ3v) is 9.07. The molecule has 0 bridgehead atoms. The maximum absolute atomic E-state index is 13.1. The maximum atomic E-state index is 13.1. The molecule has 1 amide bonds. The average Bonchev–Trinajstić information content (AvgIpc) is 3.18. The van der Waals surface area contributed by atoms with Crippen molar-refractivity contribution in [3.63, 3.8) is 0 Å². The predicted octanol–water partition coefficient (Wildman–Crippen LogP) is 12.4. The smallest absolute Gasteiger partial charge is 0.306 e. The van der Waals surface area contributed by atoms with Gasteiger partial charge in [0, 0.05) is 6.42 Å². The van der Waals surface area contributed by atoms with Crippen molar-refractivity contribution in [2.24, 2.45) is 0 Å². The van der Waals surface area contributed by atoms with Crippen molar-refractivity contribution in [1.82, 2.24) is 5.32 Å². The van der Waals surface area contributed by atoms with Gasteiger partial charge in [0.15, 0.2) is 0 Å². The summed E-state index contributed by atoms with van der Waals surface area (Å²) in [6.07, 6.45) is 55.8. The van der Waals surface area contributed by atoms with Crippen molar-refractivity contribution in [2.75, 3.05) is 6.61 Å². The summed E-state index contributed by atoms with van der Waals surface area (Å²) in [6, 6.07) is -0.734. The minimum Gasteiger partial charge on any atom is -0.462 e. The topological polar surface area (TPSA) is 95.9 Å². The summed E-state index contributed by atoms with van der Waals surface area (Å²) in [5.74, 6) is -0.619. The van der Waals surface area contributed by atoms with Crippen molar-refractivity contribution >= 4 is 11.9 Å². The number of nitrogens with one attached hydrogen (secondary N) is 1. The molecule has 0 aromatic carbocycles. The molecule has 0 fully saturated rings. The molecular formula is C49H79NO5. The predicted molar refractivity (Wildman–Crippen MR) is 236 cm³/mol. The molecule has 0 saturated heterocycles. The van der Waals surface area contributed by atoms with E-state index in [-0.39, 0.29) is 31.3 Å². The molecule has 0 spiro atoms. The van der Waals surface area contributed by atoms with Gasteiger partial charge in [0.25, 0.3) is 0 Å². The Morgan fingerprint density at radius 1 is 0.545 bits per heavy atom. The molecule has 0 radical (unpaired) electrons. The zero-order valence-corrected chi connectivity index (χ0v) is 35.0. The quantitative estimate of drug-likeness (QED) is 0.0336. The van der Waals surface area contributed by atoms with Crippen LogP contribution in [0.5, 0.6) is 0 Å². The summed E-state index contributed by atoms with van der Waals surface area (Å²) in [7, 11) is 0. The van der Waals surface area contributed by atoms with Gasteiger partial charge >= 0.3 is 5.97 Å². The summed E-state index contributed by atoms with van der Waals surface area (Å²) in [5, 5.41) is 23.5. The molecule has 0 saturated carbocycles. The van der Waals surface area contributed by atoms with Gasteiger partial charge in [-0.3, -0.25) is 9.59 Å². The van der Waals surface area contributed by atoms with E-state index in [2.05, 4.69) is 50.4 Å². The number of hydrogen-bond donors (Lipinski definition) is 3. The van der Waals surface area contributed by atoms with Gasteiger partial charge in [0.2, 0.25) is 5.91 Å². The van der Waals surface area contributed by atoms with Crippen LogP contribution in [0.3, 0.4) is 0 Å². The second kappa shape index (κ2) is 41.7. The molecule has 0 aromatic rings. The highest BCUT2D eigenvalue weighted by atomic mass is 16.5. The van der Waals surface area contributed by atoms with E-state index in [0.717, 1.165) is 64.2 Å². The summed E-state index contributed by atoms with van der Waals surface area (Å²) in [6.45, 7) is 6.12. The molecule has 6 nitrogen and oxygen atoms in total. The number of aliphatic hydroxyl groups is 2. The largest absolute Gasteiger partial charge is 0.462 e. The molecular weight excluding hydrogens is 683 g/mol. The highest BCUT2D eigenvalue weighted by Crippen LogP contribution is 2.16. The van der Waals surface area contributed by atoms with Crippen molar-refractivity contribution < 1.29 is 24.5 Å². The molecule has 3 unspecified atom stereocenters. The molecule has 0 rings (SSSR count). The lowest BCUT2D eigenvalue weighted by Crippen LogP contribution is -2.46. The van der Waals surface area contributed by atoms with Crippen molar-refractivity contribution in [1.29, 1.82) is 0 Å². The zero-order chi connectivity index (χ0) is 40.3. The third kappa shape index (κ3) is 37.2. The Bertz CT molecular complexity index is 1170. The van der Waals surface area contributed by atoms with E-state index < -0.39 is 18.2 Å². The summed E-state index contributed by atoms with van der Waals surface area (Å²) >= 11 is 0. The third-order valence-electron chi connectivity index (χ3n) is 9.07. The molecule has 0 heterocycles. The van der Waals surface area contributed by atoms with Gasteiger partial charge < -0.3 is 20.3 Å². The zero-order valence-electron chi connectivity index (χ0n) is 35.0. The monoisotopic (exact) mass is 762 g/mol. The van der Waals surface area contributed by atoms with E-state index in [0.29, 0.717) is 19.3 Å². The first kappa shape index (κ1) is 51.5. The van der Waals surface area contributed by atoms with Crippen LogP contribution in [0.15, 0.2) is 109 Å². The van der Waals surface area contributed by atoms with Crippen LogP contribution in [0.1, 0.15) is 162 Å². The minimum atomic E-state index is -0.815. The normalized spacial score (nSPS) is 14.5. The average molecular weight is 762 g/mol. The number of rotatable bonds is 36. The summed E-state index contributed by atoms with van der Waals surface area (Å²) < 4.78 is 5.83. The molecule has 0 aliphatic carbocycles. The number of carbonyl (C=O) groups is 2. The van der Waals surface area contributed by atoms with Crippen LogP contribution in [0, 0.1) is 0 Å². The molecule has 3 atom stereocenters. The van der Waals surface area contributed by atoms with Crippen LogP contribution in [0.25, 0.3) is 0 Å². The molecule has 55 heavy (non-hydrogen) atoms. The second-order valence-electron chi connectivity index (χ2n) is 14.2. The van der Waals surface area contributed by atoms with E-state index >= 15 is 0 Å².